The standard InChI is InChI=1S/C22H24O8/c1-5-9-26-20(23)17-14-19(22(25)28-11-7-3)18(21(24)27-10-6-2)13-16(17)15-30-29-12-8-4/h5-8,13-14H,1-4,9-12,15H2. The van der Waals surface area contributed by atoms with Crippen molar-refractivity contribution < 1.29 is 38.4 Å². The zero-order chi connectivity index (χ0) is 22.4. The predicted octanol–water partition coefficient (Wildman–Crippen LogP) is 3.35. The molecule has 0 fully saturated rings. The number of ether oxygens (including phenoxy) is 3. The van der Waals surface area contributed by atoms with E-state index >= 15 is 0 Å². The van der Waals surface area contributed by atoms with Gasteiger partial charge in [0.15, 0.2) is 0 Å². The molecule has 0 saturated heterocycles. The molecule has 0 atom stereocenters. The van der Waals surface area contributed by atoms with Crippen LogP contribution in [0.25, 0.3) is 0 Å². The molecule has 1 rings (SSSR count). The van der Waals surface area contributed by atoms with Gasteiger partial charge in [-0.05, 0) is 17.7 Å². The Morgan fingerprint density at radius 2 is 1.07 bits per heavy atom. The van der Waals surface area contributed by atoms with Gasteiger partial charge in [0.05, 0.1) is 16.7 Å². The van der Waals surface area contributed by atoms with Gasteiger partial charge in [-0.15, -0.1) is 6.58 Å². The summed E-state index contributed by atoms with van der Waals surface area (Å²) in [6.07, 6.45) is 5.60. The molecule has 0 saturated carbocycles. The first-order valence-corrected chi connectivity index (χ1v) is 8.86. The number of rotatable bonds is 14. The van der Waals surface area contributed by atoms with Crippen molar-refractivity contribution in [2.24, 2.45) is 0 Å². The highest BCUT2D eigenvalue weighted by molar-refractivity contribution is 6.05. The Kier molecular flexibility index (Phi) is 11.2. The lowest BCUT2D eigenvalue weighted by molar-refractivity contribution is -0.295. The molecule has 8 heteroatoms. The lowest BCUT2D eigenvalue weighted by atomic mass is 9.98. The molecule has 0 bridgehead atoms. The minimum atomic E-state index is -0.839. The van der Waals surface area contributed by atoms with E-state index in [0.29, 0.717) is 0 Å². The molecule has 160 valence electrons. The van der Waals surface area contributed by atoms with Gasteiger partial charge < -0.3 is 14.2 Å². The Morgan fingerprint density at radius 1 is 0.633 bits per heavy atom. The van der Waals surface area contributed by atoms with Crippen LogP contribution in [0, 0.1) is 0 Å². The van der Waals surface area contributed by atoms with Crippen LogP contribution in [-0.2, 0) is 30.6 Å². The summed E-state index contributed by atoms with van der Waals surface area (Å²) in [5.41, 5.74) is -0.0652. The van der Waals surface area contributed by atoms with Crippen molar-refractivity contribution in [2.45, 2.75) is 6.61 Å². The normalized spacial score (nSPS) is 9.87. The largest absolute Gasteiger partial charge is 0.458 e. The van der Waals surface area contributed by atoms with Gasteiger partial charge in [-0.2, -0.15) is 0 Å². The Labute approximate surface area is 174 Å². The van der Waals surface area contributed by atoms with Gasteiger partial charge in [-0.3, -0.25) is 0 Å². The third kappa shape index (κ3) is 7.50. The summed E-state index contributed by atoms with van der Waals surface area (Å²) >= 11 is 0. The predicted molar refractivity (Wildman–Crippen MR) is 109 cm³/mol. The van der Waals surface area contributed by atoms with E-state index in [-0.39, 0.29) is 55.3 Å². The Bertz CT molecular complexity index is 810. The summed E-state index contributed by atoms with van der Waals surface area (Å²) in [6, 6.07) is 2.48. The van der Waals surface area contributed by atoms with Gasteiger partial charge in [0, 0.05) is 0 Å². The second-order valence-electron chi connectivity index (χ2n) is 5.55. The molecule has 0 aliphatic rings. The second kappa shape index (κ2) is 13.6. The van der Waals surface area contributed by atoms with E-state index in [1.165, 1.54) is 36.4 Å². The maximum absolute atomic E-state index is 12.5. The molecule has 1 aromatic rings. The van der Waals surface area contributed by atoms with Crippen LogP contribution in [0.2, 0.25) is 0 Å². The van der Waals surface area contributed by atoms with Crippen molar-refractivity contribution in [2.75, 3.05) is 26.4 Å². The number of carbonyl (C=O) groups excluding carboxylic acids is 3. The van der Waals surface area contributed by atoms with Crippen molar-refractivity contribution in [3.8, 4) is 0 Å². The molecule has 0 aliphatic heterocycles. The maximum Gasteiger partial charge on any atom is 0.339 e. The number of benzene rings is 1. The molecular formula is C22H24O8. The van der Waals surface area contributed by atoms with Crippen LogP contribution >= 0.6 is 0 Å². The van der Waals surface area contributed by atoms with E-state index in [0.717, 1.165) is 0 Å². The maximum atomic E-state index is 12.5. The van der Waals surface area contributed by atoms with Gasteiger partial charge in [0.2, 0.25) is 0 Å². The van der Waals surface area contributed by atoms with Gasteiger partial charge in [-0.1, -0.05) is 44.0 Å². The van der Waals surface area contributed by atoms with Crippen LogP contribution in [0.3, 0.4) is 0 Å². The molecule has 0 spiro atoms. The van der Waals surface area contributed by atoms with Crippen molar-refractivity contribution in [1.29, 1.82) is 0 Å². The summed E-state index contributed by atoms with van der Waals surface area (Å²) < 4.78 is 15.1. The molecule has 0 heterocycles. The monoisotopic (exact) mass is 416 g/mol. The Morgan fingerprint density at radius 3 is 1.53 bits per heavy atom. The fraction of sp³-hybridized carbons (Fsp3) is 0.227. The van der Waals surface area contributed by atoms with Gasteiger partial charge in [-0.25, -0.2) is 24.2 Å². The fourth-order valence-corrected chi connectivity index (χ4v) is 2.13. The molecule has 0 radical (unpaired) electrons. The van der Waals surface area contributed by atoms with Crippen LogP contribution in [0.15, 0.2) is 62.8 Å². The van der Waals surface area contributed by atoms with Crippen LogP contribution in [0.4, 0.5) is 0 Å². The van der Waals surface area contributed by atoms with Gasteiger partial charge in [0.1, 0.15) is 33.0 Å². The fourth-order valence-electron chi connectivity index (χ4n) is 2.13. The average molecular weight is 416 g/mol. The summed E-state index contributed by atoms with van der Waals surface area (Å²) in [5, 5.41) is 0. The number of carbonyl (C=O) groups is 3. The topological polar surface area (TPSA) is 97.4 Å². The molecule has 0 aromatic heterocycles. The van der Waals surface area contributed by atoms with E-state index < -0.39 is 17.9 Å². The number of hydrogen-bond donors (Lipinski definition) is 0. The highest BCUT2D eigenvalue weighted by Crippen LogP contribution is 2.22. The van der Waals surface area contributed by atoms with E-state index in [1.54, 1.807) is 0 Å². The first kappa shape index (κ1) is 24.5. The third-order valence-electron chi connectivity index (χ3n) is 3.38. The van der Waals surface area contributed by atoms with Crippen LogP contribution in [0.1, 0.15) is 36.6 Å². The minimum Gasteiger partial charge on any atom is -0.458 e. The summed E-state index contributed by atoms with van der Waals surface area (Å²) in [4.78, 5) is 47.3. The lowest BCUT2D eigenvalue weighted by Gasteiger charge is -2.14. The van der Waals surface area contributed by atoms with Crippen LogP contribution in [-0.4, -0.2) is 44.3 Å². The first-order valence-electron chi connectivity index (χ1n) is 8.86. The molecule has 8 nitrogen and oxygen atoms in total. The van der Waals surface area contributed by atoms with E-state index in [9.17, 15) is 14.4 Å². The molecule has 0 amide bonds. The molecule has 30 heavy (non-hydrogen) atoms. The number of esters is 3. The molecule has 1 aromatic carbocycles. The molecule has 0 aliphatic carbocycles. The molecule has 0 N–H and O–H groups in total. The van der Waals surface area contributed by atoms with E-state index in [1.807, 2.05) is 0 Å². The van der Waals surface area contributed by atoms with Crippen LogP contribution in [0.5, 0.6) is 0 Å². The quantitative estimate of drug-likeness (QED) is 0.114. The Balaban J connectivity index is 3.44. The zero-order valence-electron chi connectivity index (χ0n) is 16.6. The molecular weight excluding hydrogens is 392 g/mol. The lowest BCUT2D eigenvalue weighted by Crippen LogP contribution is -2.18. The van der Waals surface area contributed by atoms with Crippen molar-refractivity contribution in [1.82, 2.24) is 0 Å². The summed E-state index contributed by atoms with van der Waals surface area (Å²) in [5.74, 6) is -2.39. The Hall–Kier alpha value is -3.49. The van der Waals surface area contributed by atoms with Crippen molar-refractivity contribution in [3.05, 3.63) is 85.0 Å². The highest BCUT2D eigenvalue weighted by atomic mass is 17.2. The third-order valence-corrected chi connectivity index (χ3v) is 3.38. The second-order valence-corrected chi connectivity index (χ2v) is 5.55. The molecule has 0 unspecified atom stereocenters. The van der Waals surface area contributed by atoms with E-state index in [2.05, 4.69) is 26.3 Å². The summed E-state index contributed by atoms with van der Waals surface area (Å²) in [6.45, 7) is 13.6. The minimum absolute atomic E-state index is 0.00937. The van der Waals surface area contributed by atoms with Gasteiger partial charge >= 0.3 is 17.9 Å². The highest BCUT2D eigenvalue weighted by Gasteiger charge is 2.25. The van der Waals surface area contributed by atoms with Crippen molar-refractivity contribution >= 4 is 17.9 Å². The van der Waals surface area contributed by atoms with Crippen LogP contribution < -0.4 is 0 Å². The summed E-state index contributed by atoms with van der Waals surface area (Å²) in [7, 11) is 0. The number of hydrogen-bond acceptors (Lipinski definition) is 8. The smallest absolute Gasteiger partial charge is 0.339 e. The van der Waals surface area contributed by atoms with E-state index in [4.69, 9.17) is 24.0 Å². The average Bonchev–Trinajstić information content (AvgIpc) is 2.76. The van der Waals surface area contributed by atoms with Crippen molar-refractivity contribution in [3.63, 3.8) is 0 Å². The first-order chi connectivity index (χ1) is 14.5. The zero-order valence-corrected chi connectivity index (χ0v) is 16.6. The SMILES string of the molecule is C=CCOOCc1cc(C(=O)OCC=C)c(C(=O)OCC=C)cc1C(=O)OCC=C. The van der Waals surface area contributed by atoms with Gasteiger partial charge in [0.25, 0.3) is 0 Å².